The van der Waals surface area contributed by atoms with E-state index in [0.29, 0.717) is 19.5 Å². The fourth-order valence-electron chi connectivity index (χ4n) is 1.95. The summed E-state index contributed by atoms with van der Waals surface area (Å²) in [7, 11) is 0. The zero-order valence-electron chi connectivity index (χ0n) is 8.92. The van der Waals surface area contributed by atoms with Gasteiger partial charge in [-0.05, 0) is 56.5 Å². The minimum atomic E-state index is 0.129. The highest BCUT2D eigenvalue weighted by Crippen LogP contribution is 2.39. The standard InChI is InChI=1S/C11H11Br3N2O/c12-7-2-8(13)11(9(14)3-7)16-5-6(4-15)1-10(16)17/h2-3,6H,1,4-5,15H2. The van der Waals surface area contributed by atoms with Crippen molar-refractivity contribution < 1.29 is 4.79 Å². The largest absolute Gasteiger partial charge is 0.330 e. The number of halogens is 3. The molecule has 1 atom stereocenters. The van der Waals surface area contributed by atoms with Crippen LogP contribution in [0.2, 0.25) is 0 Å². The molecule has 1 aromatic rings. The quantitative estimate of drug-likeness (QED) is 0.788. The van der Waals surface area contributed by atoms with Crippen molar-refractivity contribution >= 4 is 59.4 Å². The molecule has 2 N–H and O–H groups in total. The summed E-state index contributed by atoms with van der Waals surface area (Å²) >= 11 is 10.4. The smallest absolute Gasteiger partial charge is 0.227 e. The van der Waals surface area contributed by atoms with Gasteiger partial charge in [0.15, 0.2) is 0 Å². The summed E-state index contributed by atoms with van der Waals surface area (Å²) in [6.45, 7) is 1.24. The molecule has 0 radical (unpaired) electrons. The maximum atomic E-state index is 12.0. The first-order valence-corrected chi connectivity index (χ1v) is 7.55. The molecule has 0 saturated carbocycles. The second-order valence-electron chi connectivity index (χ2n) is 4.03. The van der Waals surface area contributed by atoms with Gasteiger partial charge in [0.05, 0.1) is 5.69 Å². The normalized spacial score (nSPS) is 20.1. The molecular formula is C11H11Br3N2O. The van der Waals surface area contributed by atoms with E-state index in [1.165, 1.54) is 0 Å². The third-order valence-corrected chi connectivity index (χ3v) is 4.46. The zero-order chi connectivity index (χ0) is 12.6. The third kappa shape index (κ3) is 2.75. The minimum absolute atomic E-state index is 0.129. The van der Waals surface area contributed by atoms with E-state index < -0.39 is 0 Å². The Bertz CT molecular complexity index is 441. The number of benzene rings is 1. The lowest BCUT2D eigenvalue weighted by Crippen LogP contribution is -2.26. The van der Waals surface area contributed by atoms with Gasteiger partial charge in [0, 0.05) is 26.4 Å². The van der Waals surface area contributed by atoms with E-state index in [9.17, 15) is 4.79 Å². The number of anilines is 1. The van der Waals surface area contributed by atoms with E-state index in [2.05, 4.69) is 47.8 Å². The molecule has 92 valence electrons. The molecule has 17 heavy (non-hydrogen) atoms. The molecule has 0 spiro atoms. The molecule has 3 nitrogen and oxygen atoms in total. The fourth-order valence-corrected chi connectivity index (χ4v) is 4.63. The van der Waals surface area contributed by atoms with Gasteiger partial charge in [0.25, 0.3) is 0 Å². The Morgan fingerprint density at radius 3 is 2.35 bits per heavy atom. The molecule has 0 bridgehead atoms. The Hall–Kier alpha value is 0.0900. The van der Waals surface area contributed by atoms with Gasteiger partial charge in [-0.25, -0.2) is 0 Å². The van der Waals surface area contributed by atoms with Crippen LogP contribution < -0.4 is 10.6 Å². The molecule has 6 heteroatoms. The summed E-state index contributed by atoms with van der Waals surface area (Å²) in [4.78, 5) is 13.7. The van der Waals surface area contributed by atoms with Crippen LogP contribution in [0.15, 0.2) is 25.6 Å². The average molecular weight is 427 g/mol. The summed E-state index contributed by atoms with van der Waals surface area (Å²) in [6.07, 6.45) is 0.533. The Labute approximate surface area is 125 Å². The van der Waals surface area contributed by atoms with Gasteiger partial charge in [-0.2, -0.15) is 0 Å². The first-order valence-electron chi connectivity index (χ1n) is 5.18. The molecule has 1 saturated heterocycles. The first-order chi connectivity index (χ1) is 8.02. The monoisotopic (exact) mass is 424 g/mol. The van der Waals surface area contributed by atoms with E-state index in [4.69, 9.17) is 5.73 Å². The van der Waals surface area contributed by atoms with Crippen LogP contribution in [0, 0.1) is 5.92 Å². The maximum Gasteiger partial charge on any atom is 0.227 e. The lowest BCUT2D eigenvalue weighted by molar-refractivity contribution is -0.117. The summed E-state index contributed by atoms with van der Waals surface area (Å²) in [6, 6.07) is 3.87. The average Bonchev–Trinajstić information content (AvgIpc) is 2.59. The van der Waals surface area contributed by atoms with Crippen molar-refractivity contribution in [3.05, 3.63) is 25.6 Å². The molecule has 1 unspecified atom stereocenters. The summed E-state index contributed by atoms with van der Waals surface area (Å²) in [5.41, 5.74) is 6.51. The molecule has 2 rings (SSSR count). The molecule has 1 aromatic carbocycles. The lowest BCUT2D eigenvalue weighted by atomic mass is 10.1. The molecule has 0 aliphatic carbocycles. The van der Waals surface area contributed by atoms with Gasteiger partial charge in [-0.15, -0.1) is 0 Å². The second kappa shape index (κ2) is 5.38. The van der Waals surface area contributed by atoms with Gasteiger partial charge in [0.1, 0.15) is 0 Å². The highest BCUT2D eigenvalue weighted by molar-refractivity contribution is 9.11. The fraction of sp³-hybridized carbons (Fsp3) is 0.364. The van der Waals surface area contributed by atoms with Gasteiger partial charge < -0.3 is 10.6 Å². The zero-order valence-corrected chi connectivity index (χ0v) is 13.7. The van der Waals surface area contributed by atoms with Crippen molar-refractivity contribution in [2.75, 3.05) is 18.0 Å². The van der Waals surface area contributed by atoms with Crippen LogP contribution in [0.1, 0.15) is 6.42 Å². The van der Waals surface area contributed by atoms with Gasteiger partial charge in [-0.1, -0.05) is 15.9 Å². The third-order valence-electron chi connectivity index (χ3n) is 2.79. The number of nitrogens with zero attached hydrogens (tertiary/aromatic N) is 1. The van der Waals surface area contributed by atoms with Crippen molar-refractivity contribution in [1.82, 2.24) is 0 Å². The van der Waals surface area contributed by atoms with Crippen LogP contribution in [-0.2, 0) is 4.79 Å². The maximum absolute atomic E-state index is 12.0. The lowest BCUT2D eigenvalue weighted by Gasteiger charge is -2.20. The summed E-state index contributed by atoms with van der Waals surface area (Å²) in [5, 5.41) is 0. The number of carbonyl (C=O) groups is 1. The number of amides is 1. The second-order valence-corrected chi connectivity index (χ2v) is 6.65. The topological polar surface area (TPSA) is 46.3 Å². The van der Waals surface area contributed by atoms with Crippen molar-refractivity contribution in [2.24, 2.45) is 11.7 Å². The number of hydrogen-bond acceptors (Lipinski definition) is 2. The van der Waals surface area contributed by atoms with Crippen molar-refractivity contribution in [3.8, 4) is 0 Å². The number of rotatable bonds is 2. The Morgan fingerprint density at radius 2 is 1.88 bits per heavy atom. The van der Waals surface area contributed by atoms with Gasteiger partial charge >= 0.3 is 0 Å². The molecule has 1 aliphatic rings. The van der Waals surface area contributed by atoms with Crippen LogP contribution in [0.5, 0.6) is 0 Å². The summed E-state index contributed by atoms with van der Waals surface area (Å²) in [5.74, 6) is 0.383. The highest BCUT2D eigenvalue weighted by atomic mass is 79.9. The van der Waals surface area contributed by atoms with Gasteiger partial charge in [-0.3, -0.25) is 4.79 Å². The molecule has 1 amide bonds. The Kier molecular flexibility index (Phi) is 4.28. The van der Waals surface area contributed by atoms with Crippen molar-refractivity contribution in [3.63, 3.8) is 0 Å². The van der Waals surface area contributed by atoms with E-state index >= 15 is 0 Å². The minimum Gasteiger partial charge on any atom is -0.330 e. The number of nitrogens with two attached hydrogens (primary N) is 1. The molecule has 1 fully saturated rings. The van der Waals surface area contributed by atoms with Crippen molar-refractivity contribution in [2.45, 2.75) is 6.42 Å². The Morgan fingerprint density at radius 1 is 1.29 bits per heavy atom. The van der Waals surface area contributed by atoms with E-state index in [1.54, 1.807) is 4.90 Å². The SMILES string of the molecule is NCC1CC(=O)N(c2c(Br)cc(Br)cc2Br)C1. The van der Waals surface area contributed by atoms with E-state index in [-0.39, 0.29) is 11.8 Å². The first kappa shape index (κ1) is 13.5. The number of carbonyl (C=O) groups excluding carboxylic acids is 1. The van der Waals surface area contributed by atoms with Crippen LogP contribution in [-0.4, -0.2) is 19.0 Å². The van der Waals surface area contributed by atoms with Crippen LogP contribution >= 0.6 is 47.8 Å². The predicted octanol–water partition coefficient (Wildman–Crippen LogP) is 3.29. The molecule has 0 aromatic heterocycles. The van der Waals surface area contributed by atoms with E-state index in [1.807, 2.05) is 12.1 Å². The van der Waals surface area contributed by atoms with Crippen LogP contribution in [0.3, 0.4) is 0 Å². The van der Waals surface area contributed by atoms with Crippen molar-refractivity contribution in [1.29, 1.82) is 0 Å². The van der Waals surface area contributed by atoms with Crippen LogP contribution in [0.25, 0.3) is 0 Å². The molecule has 1 aliphatic heterocycles. The van der Waals surface area contributed by atoms with Gasteiger partial charge in [0.2, 0.25) is 5.91 Å². The summed E-state index contributed by atoms with van der Waals surface area (Å²) < 4.78 is 2.75. The van der Waals surface area contributed by atoms with E-state index in [0.717, 1.165) is 19.1 Å². The molecule has 1 heterocycles. The number of hydrogen-bond donors (Lipinski definition) is 1. The molecular weight excluding hydrogens is 416 g/mol. The van der Waals surface area contributed by atoms with Crippen LogP contribution in [0.4, 0.5) is 5.69 Å². The highest BCUT2D eigenvalue weighted by Gasteiger charge is 2.31. The Balaban J connectivity index is 2.38. The predicted molar refractivity (Wildman–Crippen MR) is 79.1 cm³/mol.